The molecule has 4 heteroatoms. The fourth-order valence-corrected chi connectivity index (χ4v) is 16.3. The number of hydrogen-bond acceptors (Lipinski definition) is 2. The van der Waals surface area contributed by atoms with E-state index < -0.39 is 16.1 Å². The van der Waals surface area contributed by atoms with Crippen LogP contribution in [0.1, 0.15) is 0 Å². The van der Waals surface area contributed by atoms with E-state index in [1.54, 1.807) is 0 Å². The Labute approximate surface area is 318 Å². The van der Waals surface area contributed by atoms with E-state index in [0.29, 0.717) is 0 Å². The lowest BCUT2D eigenvalue weighted by atomic mass is 9.98. The lowest BCUT2D eigenvalue weighted by Crippen LogP contribution is -2.51. The normalized spacial score (nSPS) is 14.6. The summed E-state index contributed by atoms with van der Waals surface area (Å²) in [6.07, 6.45) is 0. The van der Waals surface area contributed by atoms with Crippen molar-refractivity contribution in [3.05, 3.63) is 164 Å². The van der Waals surface area contributed by atoms with Gasteiger partial charge in [0.15, 0.2) is 0 Å². The van der Waals surface area contributed by atoms with Crippen molar-refractivity contribution in [3.63, 3.8) is 0 Å². The summed E-state index contributed by atoms with van der Waals surface area (Å²) in [6.45, 7) is 10.1. The summed E-state index contributed by atoms with van der Waals surface area (Å²) >= 11 is 0. The van der Waals surface area contributed by atoms with E-state index in [9.17, 15) is 0 Å². The molecule has 0 atom stereocenters. The fourth-order valence-electron chi connectivity index (χ4n) is 9.83. The van der Waals surface area contributed by atoms with Crippen LogP contribution in [0.2, 0.25) is 26.2 Å². The molecule has 0 spiro atoms. The van der Waals surface area contributed by atoms with Crippen LogP contribution in [0, 0.1) is 0 Å². The minimum atomic E-state index is -2.08. The lowest BCUT2D eigenvalue weighted by molar-refractivity contribution is 0.670. The fraction of sp³-hybridized carbons (Fsp3) is 0.0800. The van der Waals surface area contributed by atoms with Crippen molar-refractivity contribution in [1.29, 1.82) is 0 Å². The van der Waals surface area contributed by atoms with Gasteiger partial charge in [-0.3, -0.25) is 0 Å². The Balaban J connectivity index is 1.12. The van der Waals surface area contributed by atoms with Gasteiger partial charge in [-0.1, -0.05) is 154 Å². The van der Waals surface area contributed by atoms with Gasteiger partial charge in [-0.05, 0) is 95.7 Å². The molecule has 0 aliphatic carbocycles. The SMILES string of the molecule is C[Si]1(C)c2cc(N(c3ccc(-c4cccc5ccccc45)cc3)c3cccc4c3[Si](C)(C)c3ccccc3-4)ccc2-c2c1ccc1c2oc2ccccc21. The molecule has 3 heterocycles. The van der Waals surface area contributed by atoms with E-state index >= 15 is 0 Å². The highest BCUT2D eigenvalue weighted by atomic mass is 28.3. The number of hydrogen-bond donors (Lipinski definition) is 0. The molecule has 0 N–H and O–H groups in total. The third kappa shape index (κ3) is 4.32. The molecule has 2 aliphatic heterocycles. The molecular formula is C50H39NOSi2. The molecule has 1 aromatic heterocycles. The minimum Gasteiger partial charge on any atom is -0.455 e. The molecule has 9 aromatic rings. The molecule has 0 fully saturated rings. The number of fused-ring (bicyclic) bond motifs is 11. The van der Waals surface area contributed by atoms with E-state index in [0.717, 1.165) is 11.2 Å². The van der Waals surface area contributed by atoms with Crippen LogP contribution >= 0.6 is 0 Å². The van der Waals surface area contributed by atoms with Crippen molar-refractivity contribution in [1.82, 2.24) is 0 Å². The van der Waals surface area contributed by atoms with Gasteiger partial charge in [0.05, 0.1) is 0 Å². The number of nitrogens with zero attached hydrogens (tertiary/aromatic N) is 1. The molecule has 54 heavy (non-hydrogen) atoms. The van der Waals surface area contributed by atoms with Crippen LogP contribution < -0.4 is 25.6 Å². The first kappa shape index (κ1) is 31.6. The molecule has 0 amide bonds. The Morgan fingerprint density at radius 2 is 1.13 bits per heavy atom. The van der Waals surface area contributed by atoms with Gasteiger partial charge >= 0.3 is 0 Å². The van der Waals surface area contributed by atoms with E-state index in [4.69, 9.17) is 4.42 Å². The number of rotatable bonds is 4. The maximum atomic E-state index is 6.66. The quantitative estimate of drug-likeness (QED) is 0.168. The zero-order valence-corrected chi connectivity index (χ0v) is 32.9. The second-order valence-electron chi connectivity index (χ2n) is 16.1. The monoisotopic (exact) mass is 725 g/mol. The van der Waals surface area contributed by atoms with Gasteiger partial charge in [-0.15, -0.1) is 0 Å². The Morgan fingerprint density at radius 3 is 2.00 bits per heavy atom. The number of anilines is 3. The molecule has 0 radical (unpaired) electrons. The summed E-state index contributed by atoms with van der Waals surface area (Å²) in [5.41, 5.74) is 13.5. The molecule has 0 bridgehead atoms. The van der Waals surface area contributed by atoms with Crippen LogP contribution in [0.15, 0.2) is 168 Å². The Bertz CT molecular complexity index is 3000. The van der Waals surface area contributed by atoms with Crippen LogP contribution in [-0.2, 0) is 0 Å². The third-order valence-electron chi connectivity index (χ3n) is 12.4. The highest BCUT2D eigenvalue weighted by molar-refractivity contribution is 7.05. The predicted octanol–water partition coefficient (Wildman–Crippen LogP) is 11.5. The Kier molecular flexibility index (Phi) is 6.60. The summed E-state index contributed by atoms with van der Waals surface area (Å²) in [7, 11) is -4.13. The minimum absolute atomic E-state index is 0.953. The second kappa shape index (κ2) is 11.3. The van der Waals surface area contributed by atoms with Crippen LogP contribution in [-0.4, -0.2) is 16.1 Å². The van der Waals surface area contributed by atoms with Gasteiger partial charge in [0.25, 0.3) is 0 Å². The third-order valence-corrected chi connectivity index (χ3v) is 19.5. The second-order valence-corrected chi connectivity index (χ2v) is 24.7. The lowest BCUT2D eigenvalue weighted by Gasteiger charge is -2.32. The number of furan rings is 1. The van der Waals surface area contributed by atoms with Crippen molar-refractivity contribution in [2.45, 2.75) is 26.2 Å². The van der Waals surface area contributed by atoms with E-state index in [-0.39, 0.29) is 0 Å². The Hall–Kier alpha value is -5.95. The van der Waals surface area contributed by atoms with Crippen molar-refractivity contribution in [2.75, 3.05) is 4.90 Å². The summed E-state index contributed by atoms with van der Waals surface area (Å²) < 4.78 is 6.66. The molecule has 2 aliphatic rings. The van der Waals surface area contributed by atoms with E-state index in [1.165, 1.54) is 92.7 Å². The number of para-hydroxylation sites is 1. The van der Waals surface area contributed by atoms with E-state index in [1.807, 2.05) is 0 Å². The van der Waals surface area contributed by atoms with Crippen LogP contribution in [0.3, 0.4) is 0 Å². The molecule has 0 saturated heterocycles. The van der Waals surface area contributed by atoms with Gasteiger partial charge < -0.3 is 9.32 Å². The largest absolute Gasteiger partial charge is 0.455 e. The van der Waals surface area contributed by atoms with Gasteiger partial charge in [-0.25, -0.2) is 0 Å². The van der Waals surface area contributed by atoms with Crippen molar-refractivity contribution < 1.29 is 4.42 Å². The molecule has 0 unspecified atom stereocenters. The topological polar surface area (TPSA) is 16.4 Å². The summed E-state index contributed by atoms with van der Waals surface area (Å²) in [4.78, 5) is 2.55. The average molecular weight is 726 g/mol. The smallest absolute Gasteiger partial charge is 0.143 e. The maximum Gasteiger partial charge on any atom is 0.143 e. The Morgan fingerprint density at radius 1 is 0.444 bits per heavy atom. The van der Waals surface area contributed by atoms with Gasteiger partial charge in [0.1, 0.15) is 27.3 Å². The van der Waals surface area contributed by atoms with Crippen molar-refractivity contribution in [3.8, 4) is 33.4 Å². The van der Waals surface area contributed by atoms with Crippen LogP contribution in [0.25, 0.3) is 66.1 Å². The molecule has 0 saturated carbocycles. The first-order valence-electron chi connectivity index (χ1n) is 19.0. The maximum absolute atomic E-state index is 6.66. The summed E-state index contributed by atoms with van der Waals surface area (Å²) in [5, 5.41) is 10.9. The first-order valence-corrected chi connectivity index (χ1v) is 25.0. The number of benzene rings is 8. The summed E-state index contributed by atoms with van der Waals surface area (Å²) in [6, 6.07) is 61.0. The van der Waals surface area contributed by atoms with Crippen molar-refractivity contribution >= 4 is 86.7 Å². The summed E-state index contributed by atoms with van der Waals surface area (Å²) in [5.74, 6) is 0. The van der Waals surface area contributed by atoms with Gasteiger partial charge in [0.2, 0.25) is 0 Å². The first-order chi connectivity index (χ1) is 26.3. The van der Waals surface area contributed by atoms with Crippen LogP contribution in [0.4, 0.5) is 17.1 Å². The standard InChI is InChI=1S/C50H39NOSi2/c1-53(2)46-30-29-40-38-16-7-9-21-44(38)52-49(40)48(46)42-28-27-35(31-47(42)53)51(43-20-12-19-41-39-17-8-10-22-45(39)54(3,4)50(41)43)34-25-23-33(24-26-34)37-18-11-14-32-13-5-6-15-36(32)37/h5-31H,1-4H3. The highest BCUT2D eigenvalue weighted by Gasteiger charge is 2.42. The van der Waals surface area contributed by atoms with Crippen LogP contribution in [0.5, 0.6) is 0 Å². The highest BCUT2D eigenvalue weighted by Crippen LogP contribution is 2.44. The molecule has 11 rings (SSSR count). The van der Waals surface area contributed by atoms with Gasteiger partial charge in [-0.2, -0.15) is 0 Å². The predicted molar refractivity (Wildman–Crippen MR) is 236 cm³/mol. The zero-order valence-electron chi connectivity index (χ0n) is 30.9. The molecule has 8 aromatic carbocycles. The average Bonchev–Trinajstić information content (AvgIpc) is 3.78. The zero-order chi connectivity index (χ0) is 36.3. The molecule has 258 valence electrons. The van der Waals surface area contributed by atoms with Gasteiger partial charge in [0, 0.05) is 33.4 Å². The van der Waals surface area contributed by atoms with E-state index in [2.05, 4.69) is 195 Å². The molecule has 2 nitrogen and oxygen atoms in total. The molecular weight excluding hydrogens is 687 g/mol. The van der Waals surface area contributed by atoms with Crippen molar-refractivity contribution in [2.24, 2.45) is 0 Å².